The van der Waals surface area contributed by atoms with Gasteiger partial charge < -0.3 is 14.2 Å². The Hall–Kier alpha value is -2.56. The lowest BCUT2D eigenvalue weighted by atomic mass is 9.88. The number of unbranched alkanes of at least 4 members (excludes halogenated alkanes) is 1. The molecule has 0 radical (unpaired) electrons. The van der Waals surface area contributed by atoms with Crippen molar-refractivity contribution in [2.24, 2.45) is 5.92 Å². The fourth-order valence-electron chi connectivity index (χ4n) is 4.08. The van der Waals surface area contributed by atoms with E-state index >= 15 is 0 Å². The highest BCUT2D eigenvalue weighted by Gasteiger charge is 2.27. The molecular weight excluding hydrogens is 419 g/mol. The second-order valence-corrected chi connectivity index (χ2v) is 8.90. The van der Waals surface area contributed by atoms with Crippen molar-refractivity contribution in [2.45, 2.75) is 77.5 Å². The third-order valence-electron chi connectivity index (χ3n) is 6.14. The summed E-state index contributed by atoms with van der Waals surface area (Å²) in [6, 6.07) is 16.3. The fraction of sp³-hybridized carbons (Fsp3) is 0.536. The third kappa shape index (κ3) is 8.06. The van der Waals surface area contributed by atoms with E-state index in [0.717, 1.165) is 67.8 Å². The Kier molecular flexibility index (Phi) is 10.0. The molecule has 0 N–H and O–H groups in total. The Morgan fingerprint density at radius 3 is 2.00 bits per heavy atom. The zero-order valence-electron chi connectivity index (χ0n) is 19.9. The summed E-state index contributed by atoms with van der Waals surface area (Å²) in [6.07, 6.45) is 4.60. The van der Waals surface area contributed by atoms with Crippen LogP contribution in [0.3, 0.4) is 0 Å². The minimum absolute atomic E-state index is 0.160. The number of halogens is 1. The molecule has 0 heterocycles. The van der Waals surface area contributed by atoms with Crippen molar-refractivity contribution >= 4 is 5.97 Å². The van der Waals surface area contributed by atoms with Gasteiger partial charge in [0.25, 0.3) is 0 Å². The number of carbonyl (C=O) groups is 1. The van der Waals surface area contributed by atoms with Crippen LogP contribution in [-0.2, 0) is 9.53 Å². The molecule has 180 valence electrons. The molecule has 3 rings (SSSR count). The maximum atomic E-state index is 13.8. The fourth-order valence-corrected chi connectivity index (χ4v) is 4.08. The van der Waals surface area contributed by atoms with Gasteiger partial charge in [0.05, 0.1) is 13.2 Å². The molecular formula is C28H37FO4. The summed E-state index contributed by atoms with van der Waals surface area (Å²) in [5.41, 5.74) is 2.28. The first-order chi connectivity index (χ1) is 16.1. The van der Waals surface area contributed by atoms with Crippen molar-refractivity contribution in [1.29, 1.82) is 0 Å². The Morgan fingerprint density at radius 2 is 1.45 bits per heavy atom. The molecule has 1 aliphatic carbocycles. The molecule has 1 fully saturated rings. The first-order valence-corrected chi connectivity index (χ1v) is 12.4. The van der Waals surface area contributed by atoms with Gasteiger partial charge in [-0.1, -0.05) is 51.0 Å². The van der Waals surface area contributed by atoms with E-state index in [0.29, 0.717) is 18.9 Å². The van der Waals surface area contributed by atoms with Crippen molar-refractivity contribution in [3.8, 4) is 22.6 Å². The average molecular weight is 457 g/mol. The molecule has 0 unspecified atom stereocenters. The molecule has 0 aliphatic heterocycles. The van der Waals surface area contributed by atoms with Crippen LogP contribution >= 0.6 is 0 Å². The molecule has 33 heavy (non-hydrogen) atoms. The van der Waals surface area contributed by atoms with Crippen LogP contribution in [0.1, 0.15) is 65.2 Å². The predicted octanol–water partition coefficient (Wildman–Crippen LogP) is 7.15. The summed E-state index contributed by atoms with van der Waals surface area (Å²) in [4.78, 5) is 11.9. The van der Waals surface area contributed by atoms with Gasteiger partial charge in [0.15, 0.2) is 6.17 Å². The highest BCUT2D eigenvalue weighted by atomic mass is 19.1. The van der Waals surface area contributed by atoms with Gasteiger partial charge in [-0.3, -0.25) is 0 Å². The lowest BCUT2D eigenvalue weighted by molar-refractivity contribution is -0.157. The summed E-state index contributed by atoms with van der Waals surface area (Å²) in [5, 5.41) is 0. The lowest BCUT2D eigenvalue weighted by Gasteiger charge is -2.28. The van der Waals surface area contributed by atoms with E-state index in [1.165, 1.54) is 0 Å². The number of alkyl halides is 1. The van der Waals surface area contributed by atoms with E-state index in [1.54, 1.807) is 0 Å². The highest BCUT2D eigenvalue weighted by Crippen LogP contribution is 2.29. The van der Waals surface area contributed by atoms with E-state index in [-0.39, 0.29) is 12.5 Å². The first-order valence-electron chi connectivity index (χ1n) is 12.4. The second kappa shape index (κ2) is 13.2. The minimum Gasteiger partial charge on any atom is -0.494 e. The molecule has 0 bridgehead atoms. The van der Waals surface area contributed by atoms with Crippen molar-refractivity contribution < 1.29 is 23.4 Å². The van der Waals surface area contributed by atoms with Crippen LogP contribution < -0.4 is 9.47 Å². The second-order valence-electron chi connectivity index (χ2n) is 8.90. The van der Waals surface area contributed by atoms with Gasteiger partial charge in [0.2, 0.25) is 0 Å². The summed E-state index contributed by atoms with van der Waals surface area (Å²) in [7, 11) is 0. The van der Waals surface area contributed by atoms with Gasteiger partial charge in [0, 0.05) is 0 Å². The largest absolute Gasteiger partial charge is 0.494 e. The Balaban J connectivity index is 1.39. The van der Waals surface area contributed by atoms with Crippen LogP contribution in [0.5, 0.6) is 11.5 Å². The number of rotatable bonds is 12. The van der Waals surface area contributed by atoms with Gasteiger partial charge >= 0.3 is 5.97 Å². The molecule has 1 saturated carbocycles. The van der Waals surface area contributed by atoms with Gasteiger partial charge in [-0.05, 0) is 79.8 Å². The average Bonchev–Trinajstić information content (AvgIpc) is 2.86. The SMILES string of the molecule is CCCC[C@H](F)C(=O)OC1CCC(COc2ccc(-c3ccc(OCCC)cc3)cc2)CC1. The quantitative estimate of drug-likeness (QED) is 0.318. The molecule has 2 aromatic carbocycles. The molecule has 0 saturated heterocycles. The molecule has 0 amide bonds. The molecule has 1 atom stereocenters. The lowest BCUT2D eigenvalue weighted by Crippen LogP contribution is -2.30. The Bertz CT molecular complexity index is 826. The van der Waals surface area contributed by atoms with E-state index in [4.69, 9.17) is 14.2 Å². The van der Waals surface area contributed by atoms with Crippen molar-refractivity contribution in [3.63, 3.8) is 0 Å². The van der Waals surface area contributed by atoms with Gasteiger partial charge in [-0.15, -0.1) is 0 Å². The van der Waals surface area contributed by atoms with Gasteiger partial charge in [-0.2, -0.15) is 0 Å². The molecule has 1 aliphatic rings. The van der Waals surface area contributed by atoms with Crippen LogP contribution in [0.4, 0.5) is 4.39 Å². The summed E-state index contributed by atoms with van der Waals surface area (Å²) < 4.78 is 30.9. The van der Waals surface area contributed by atoms with E-state index < -0.39 is 12.1 Å². The van der Waals surface area contributed by atoms with Crippen LogP contribution in [0.2, 0.25) is 0 Å². The number of carbonyl (C=O) groups excluding carboxylic acids is 1. The maximum Gasteiger partial charge on any atom is 0.340 e. The number of ether oxygens (including phenoxy) is 3. The third-order valence-corrected chi connectivity index (χ3v) is 6.14. The van der Waals surface area contributed by atoms with Gasteiger partial charge in [0.1, 0.15) is 17.6 Å². The Morgan fingerprint density at radius 1 is 0.879 bits per heavy atom. The smallest absolute Gasteiger partial charge is 0.340 e. The van der Waals surface area contributed by atoms with E-state index in [9.17, 15) is 9.18 Å². The van der Waals surface area contributed by atoms with E-state index in [2.05, 4.69) is 31.2 Å². The van der Waals surface area contributed by atoms with Crippen molar-refractivity contribution in [3.05, 3.63) is 48.5 Å². The molecule has 0 spiro atoms. The summed E-state index contributed by atoms with van der Waals surface area (Å²) in [6.45, 7) is 5.46. The predicted molar refractivity (Wildman–Crippen MR) is 129 cm³/mol. The molecule has 2 aromatic rings. The van der Waals surface area contributed by atoms with Crippen LogP contribution in [0, 0.1) is 5.92 Å². The zero-order chi connectivity index (χ0) is 23.5. The minimum atomic E-state index is -1.48. The topological polar surface area (TPSA) is 44.8 Å². The zero-order valence-corrected chi connectivity index (χ0v) is 19.9. The standard InChI is InChI=1S/C28H37FO4/c1-3-5-6-27(29)28(30)33-26-13-7-21(8-14-26)20-32-25-17-11-23(12-18-25)22-9-15-24(16-10-22)31-19-4-2/h9-12,15-18,21,26-27H,3-8,13-14,19-20H2,1-2H3/t21?,26?,27-/m0/s1. The number of hydrogen-bond donors (Lipinski definition) is 0. The molecule has 5 heteroatoms. The van der Waals surface area contributed by atoms with Crippen LogP contribution in [0.25, 0.3) is 11.1 Å². The van der Waals surface area contributed by atoms with E-state index in [1.807, 2.05) is 31.2 Å². The number of benzene rings is 2. The monoisotopic (exact) mass is 456 g/mol. The molecule has 0 aromatic heterocycles. The highest BCUT2D eigenvalue weighted by molar-refractivity contribution is 5.74. The Labute approximate surface area is 197 Å². The number of esters is 1. The van der Waals surface area contributed by atoms with Crippen molar-refractivity contribution in [2.75, 3.05) is 13.2 Å². The normalized spacial score (nSPS) is 19.0. The van der Waals surface area contributed by atoms with Crippen molar-refractivity contribution in [1.82, 2.24) is 0 Å². The van der Waals surface area contributed by atoms with Gasteiger partial charge in [-0.25, -0.2) is 9.18 Å². The summed E-state index contributed by atoms with van der Waals surface area (Å²) in [5.74, 6) is 1.49. The maximum absolute atomic E-state index is 13.8. The van der Waals surface area contributed by atoms with Crippen LogP contribution in [-0.4, -0.2) is 31.5 Å². The summed E-state index contributed by atoms with van der Waals surface area (Å²) >= 11 is 0. The van der Waals surface area contributed by atoms with Crippen LogP contribution in [0.15, 0.2) is 48.5 Å². The first kappa shape index (κ1) is 25.1. The number of hydrogen-bond acceptors (Lipinski definition) is 4. The molecule has 4 nitrogen and oxygen atoms in total.